The van der Waals surface area contributed by atoms with E-state index >= 15 is 0 Å². The summed E-state index contributed by atoms with van der Waals surface area (Å²) in [5.41, 5.74) is 7.91. The third-order valence-electron chi connectivity index (χ3n) is 4.95. The summed E-state index contributed by atoms with van der Waals surface area (Å²) < 4.78 is 33.9. The summed E-state index contributed by atoms with van der Waals surface area (Å²) in [6, 6.07) is 0.303. The molecular weight excluding hydrogens is 543 g/mol. The van der Waals surface area contributed by atoms with E-state index in [9.17, 15) is 18.0 Å². The van der Waals surface area contributed by atoms with E-state index in [0.29, 0.717) is 27.2 Å². The summed E-state index contributed by atoms with van der Waals surface area (Å²) in [4.78, 5) is 31.4. The number of fused-ring (bicyclic) bond motifs is 1. The number of hydrogen-bond acceptors (Lipinski definition) is 8. The number of aryl methyl sites for hydroxylation is 1. The van der Waals surface area contributed by atoms with Crippen molar-refractivity contribution in [1.29, 1.82) is 0 Å². The maximum Gasteiger partial charge on any atom is 0.490 e. The molecule has 0 spiro atoms. The molecule has 3 aromatic rings. The smallest absolute Gasteiger partial charge is 0.475 e. The van der Waals surface area contributed by atoms with Crippen molar-refractivity contribution in [3.8, 4) is 0 Å². The normalized spacial score (nSPS) is 18.2. The minimum atomic E-state index is -5.08. The summed E-state index contributed by atoms with van der Waals surface area (Å²) in [6.07, 6.45) is 2.72. The van der Waals surface area contributed by atoms with Gasteiger partial charge in [-0.3, -0.25) is 9.48 Å². The summed E-state index contributed by atoms with van der Waals surface area (Å²) in [6.45, 7) is 0. The van der Waals surface area contributed by atoms with Crippen LogP contribution in [0.3, 0.4) is 0 Å². The van der Waals surface area contributed by atoms with Crippen molar-refractivity contribution in [1.82, 2.24) is 19.7 Å². The molecule has 0 saturated heterocycles. The summed E-state index contributed by atoms with van der Waals surface area (Å²) in [7, 11) is 1.79. The van der Waals surface area contributed by atoms with Gasteiger partial charge in [-0.2, -0.15) is 18.3 Å². The van der Waals surface area contributed by atoms with E-state index in [4.69, 9.17) is 15.6 Å². The van der Waals surface area contributed by atoms with Gasteiger partial charge in [-0.05, 0) is 28.8 Å². The molecule has 1 fully saturated rings. The van der Waals surface area contributed by atoms with Crippen LogP contribution in [0.25, 0.3) is 10.3 Å². The van der Waals surface area contributed by atoms with Gasteiger partial charge in [0, 0.05) is 30.7 Å². The van der Waals surface area contributed by atoms with E-state index in [1.165, 1.54) is 17.8 Å². The maximum absolute atomic E-state index is 12.7. The molecule has 0 bridgehead atoms. The fourth-order valence-electron chi connectivity index (χ4n) is 3.30. The number of nitrogens with one attached hydrogen (secondary N) is 2. The third-order valence-corrected chi connectivity index (χ3v) is 6.42. The number of anilines is 2. The van der Waals surface area contributed by atoms with Gasteiger partial charge in [0.1, 0.15) is 16.2 Å². The molecule has 1 saturated carbocycles. The summed E-state index contributed by atoms with van der Waals surface area (Å²) >= 11 is 4.74. The first kappa shape index (κ1) is 25.8. The van der Waals surface area contributed by atoms with Crippen molar-refractivity contribution in [3.63, 3.8) is 0 Å². The number of alkyl halides is 3. The second kappa shape index (κ2) is 10.7. The molecule has 0 aromatic carbocycles. The van der Waals surface area contributed by atoms with Crippen LogP contribution in [-0.4, -0.2) is 55.0 Å². The number of hydrogen-bond donors (Lipinski definition) is 4. The Morgan fingerprint density at radius 3 is 2.59 bits per heavy atom. The van der Waals surface area contributed by atoms with Crippen LogP contribution in [0, 0.1) is 0 Å². The Balaban J connectivity index is 0.000000406. The van der Waals surface area contributed by atoms with Gasteiger partial charge < -0.3 is 21.5 Å². The van der Waals surface area contributed by atoms with Crippen LogP contribution in [-0.2, 0) is 11.8 Å². The van der Waals surface area contributed by atoms with Crippen LogP contribution in [0.1, 0.15) is 36.0 Å². The lowest BCUT2D eigenvalue weighted by molar-refractivity contribution is -0.192. The Morgan fingerprint density at radius 2 is 2.00 bits per heavy atom. The molecule has 10 nitrogen and oxygen atoms in total. The van der Waals surface area contributed by atoms with E-state index < -0.39 is 12.1 Å². The number of nitrogens with zero attached hydrogens (tertiary/aromatic N) is 4. The molecule has 15 heteroatoms. The van der Waals surface area contributed by atoms with Crippen LogP contribution in [0.2, 0.25) is 0 Å². The number of carbonyl (C=O) groups excluding carboxylic acids is 1. The van der Waals surface area contributed by atoms with E-state index in [1.54, 1.807) is 29.5 Å². The van der Waals surface area contributed by atoms with Crippen LogP contribution < -0.4 is 16.4 Å². The van der Waals surface area contributed by atoms with Crippen LogP contribution in [0.5, 0.6) is 0 Å². The molecule has 184 valence electrons. The van der Waals surface area contributed by atoms with Gasteiger partial charge in [-0.1, -0.05) is 12.8 Å². The Labute approximate surface area is 203 Å². The summed E-state index contributed by atoms with van der Waals surface area (Å²) in [5.74, 6) is -2.34. The maximum atomic E-state index is 12.7. The Kier molecular flexibility index (Phi) is 8.09. The van der Waals surface area contributed by atoms with Gasteiger partial charge in [0.2, 0.25) is 0 Å². The average molecular weight is 564 g/mol. The zero-order chi connectivity index (χ0) is 25.0. The lowest BCUT2D eigenvalue weighted by Gasteiger charge is -2.29. The van der Waals surface area contributed by atoms with Crippen molar-refractivity contribution >= 4 is 61.0 Å². The summed E-state index contributed by atoms with van der Waals surface area (Å²) in [5, 5.41) is 19.3. The second-order valence-corrected chi connectivity index (χ2v) is 9.13. The quantitative estimate of drug-likeness (QED) is 0.375. The van der Waals surface area contributed by atoms with E-state index in [-0.39, 0.29) is 18.0 Å². The van der Waals surface area contributed by atoms with Gasteiger partial charge in [0.25, 0.3) is 5.91 Å². The highest BCUT2D eigenvalue weighted by atomic mass is 79.9. The zero-order valence-corrected chi connectivity index (χ0v) is 20.2. The molecule has 0 aliphatic heterocycles. The van der Waals surface area contributed by atoms with Crippen molar-refractivity contribution in [3.05, 3.63) is 27.9 Å². The number of aromatic nitrogens is 4. The number of thiophene rings is 1. The molecule has 1 amide bonds. The Hall–Kier alpha value is -2.78. The number of carboxylic acids is 1. The molecule has 4 rings (SSSR count). The van der Waals surface area contributed by atoms with Crippen molar-refractivity contribution in [2.24, 2.45) is 12.8 Å². The molecule has 0 radical (unpaired) electrons. The molecule has 3 heterocycles. The number of aliphatic carboxylic acids is 1. The molecule has 34 heavy (non-hydrogen) atoms. The highest BCUT2D eigenvalue weighted by Crippen LogP contribution is 2.27. The Morgan fingerprint density at radius 1 is 1.32 bits per heavy atom. The third kappa shape index (κ3) is 6.42. The molecule has 3 aromatic heterocycles. The van der Waals surface area contributed by atoms with Gasteiger partial charge in [-0.25, -0.2) is 14.8 Å². The molecule has 0 unspecified atom stereocenters. The highest BCUT2D eigenvalue weighted by Gasteiger charge is 2.38. The number of carboxylic acid groups (broad SMARTS) is 1. The number of nitrogens with two attached hydrogens (primary N) is 1. The first-order chi connectivity index (χ1) is 16.0. The topological polar surface area (TPSA) is 148 Å². The SMILES string of the molecule is Cn1cc(NC(=O)c2csc3ncc(N[C@@H]4CCCC[C@@H]4N)nc23)c(Br)n1.O=C(O)C(F)(F)F. The van der Waals surface area contributed by atoms with Crippen LogP contribution in [0.4, 0.5) is 24.7 Å². The van der Waals surface area contributed by atoms with Gasteiger partial charge >= 0.3 is 12.1 Å². The van der Waals surface area contributed by atoms with Crippen molar-refractivity contribution < 1.29 is 27.9 Å². The van der Waals surface area contributed by atoms with Crippen LogP contribution in [0.15, 0.2) is 22.4 Å². The van der Waals surface area contributed by atoms with E-state index in [1.807, 2.05) is 0 Å². The predicted octanol–water partition coefficient (Wildman–Crippen LogP) is 3.75. The lowest BCUT2D eigenvalue weighted by Crippen LogP contribution is -2.42. The average Bonchev–Trinajstić information content (AvgIpc) is 3.31. The molecule has 5 N–H and O–H groups in total. The zero-order valence-electron chi connectivity index (χ0n) is 17.8. The first-order valence-electron chi connectivity index (χ1n) is 10.0. The number of halogens is 4. The van der Waals surface area contributed by atoms with Gasteiger partial charge in [-0.15, -0.1) is 11.3 Å². The number of carbonyl (C=O) groups is 2. The standard InChI is InChI=1S/C17H20BrN7OS.C2HF3O2/c1-25-7-12(15(18)24-25)22-16(26)9-8-27-17-14(9)23-13(6-20-17)21-11-5-3-2-4-10(11)19;3-2(4,5)1(6)7/h6-8,10-11H,2-5,19H2,1H3,(H,21,23)(H,22,26);(H,6,7)/t10-,11+;/m0./s1. The number of amides is 1. The monoisotopic (exact) mass is 563 g/mol. The molecular formula is C19H21BrF3N7O3S. The van der Waals surface area contributed by atoms with E-state index in [2.05, 4.69) is 41.6 Å². The second-order valence-electron chi connectivity index (χ2n) is 7.52. The van der Waals surface area contributed by atoms with E-state index in [0.717, 1.165) is 24.1 Å². The first-order valence-corrected chi connectivity index (χ1v) is 11.7. The predicted molar refractivity (Wildman–Crippen MR) is 124 cm³/mol. The Bertz CT molecular complexity index is 1180. The fraction of sp³-hybridized carbons (Fsp3) is 0.421. The lowest BCUT2D eigenvalue weighted by atomic mass is 9.91. The minimum Gasteiger partial charge on any atom is -0.475 e. The van der Waals surface area contributed by atoms with Crippen LogP contribution >= 0.6 is 27.3 Å². The largest absolute Gasteiger partial charge is 0.490 e. The molecule has 1 aliphatic carbocycles. The highest BCUT2D eigenvalue weighted by molar-refractivity contribution is 9.10. The van der Waals surface area contributed by atoms with Gasteiger partial charge in [0.05, 0.1) is 17.4 Å². The van der Waals surface area contributed by atoms with Crippen molar-refractivity contribution in [2.45, 2.75) is 43.9 Å². The van der Waals surface area contributed by atoms with Crippen molar-refractivity contribution in [2.75, 3.05) is 10.6 Å². The van der Waals surface area contributed by atoms with Gasteiger partial charge in [0.15, 0.2) is 4.60 Å². The molecule has 1 aliphatic rings. The minimum absolute atomic E-state index is 0.115. The fourth-order valence-corrected chi connectivity index (χ4v) is 4.59. The number of rotatable bonds is 4. The molecule has 2 atom stereocenters.